The zero-order valence-electron chi connectivity index (χ0n) is 25.5. The molecule has 0 aromatic rings. The number of aliphatic hydroxyl groups is 3. The van der Waals surface area contributed by atoms with Crippen LogP contribution in [-0.4, -0.2) is 81.2 Å². The van der Waals surface area contributed by atoms with Gasteiger partial charge in [0.1, 0.15) is 5.60 Å². The molecule has 0 radical (unpaired) electrons. The van der Waals surface area contributed by atoms with E-state index in [-0.39, 0.29) is 21.9 Å². The molecule has 3 N–H and O–H groups in total. The summed E-state index contributed by atoms with van der Waals surface area (Å²) < 4.78 is 19.4. The molecule has 10 unspecified atom stereocenters. The highest BCUT2D eigenvalue weighted by molar-refractivity contribution is 9.09. The molecule has 3 aliphatic rings. The zero-order valence-corrected chi connectivity index (χ0v) is 30.2. The average molecular weight is 739 g/mol. The maximum absolute atomic E-state index is 11.5. The van der Waals surface area contributed by atoms with E-state index in [0.29, 0.717) is 57.8 Å². The van der Waals surface area contributed by atoms with Gasteiger partial charge in [0.15, 0.2) is 5.79 Å². The predicted octanol–water partition coefficient (Wildman–Crippen LogP) is 7.35. The largest absolute Gasteiger partial charge is 0.390 e. The summed E-state index contributed by atoms with van der Waals surface area (Å²) in [6.07, 6.45) is 4.90. The number of fused-ring (bicyclic) bond motifs is 2. The van der Waals surface area contributed by atoms with Crippen molar-refractivity contribution in [3.05, 3.63) is 0 Å². The topological polar surface area (TPSA) is 88.4 Å². The van der Waals surface area contributed by atoms with Gasteiger partial charge in [-0.05, 0) is 113 Å². The number of alkyl halides is 4. The summed E-state index contributed by atoms with van der Waals surface area (Å²) in [6, 6.07) is 0. The van der Waals surface area contributed by atoms with E-state index in [1.807, 2.05) is 48.5 Å². The molecule has 2 bridgehead atoms. The van der Waals surface area contributed by atoms with Crippen molar-refractivity contribution < 1.29 is 29.5 Å². The van der Waals surface area contributed by atoms with Crippen LogP contribution in [0.25, 0.3) is 0 Å². The average Bonchev–Trinajstić information content (AvgIpc) is 3.49. The highest BCUT2D eigenvalue weighted by Crippen LogP contribution is 2.56. The summed E-state index contributed by atoms with van der Waals surface area (Å²) in [7, 11) is 0. The number of hydrogen-bond acceptors (Lipinski definition) is 6. The van der Waals surface area contributed by atoms with Gasteiger partial charge in [0.2, 0.25) is 0 Å². The number of halogens is 4. The third-order valence-electron chi connectivity index (χ3n) is 9.88. The van der Waals surface area contributed by atoms with Gasteiger partial charge < -0.3 is 29.5 Å². The van der Waals surface area contributed by atoms with E-state index in [0.717, 1.165) is 6.42 Å². The van der Waals surface area contributed by atoms with E-state index >= 15 is 0 Å². The normalized spacial score (nSPS) is 38.2. The third-order valence-corrected chi connectivity index (χ3v) is 14.1. The Balaban J connectivity index is 1.56. The number of aliphatic hydroxyl groups excluding tert-OH is 1. The van der Waals surface area contributed by atoms with Crippen molar-refractivity contribution in [1.29, 1.82) is 0 Å². The molecule has 3 aliphatic heterocycles. The molecular formula is C30H52Br2Cl2O6. The molecular weight excluding hydrogens is 687 g/mol. The molecule has 0 aromatic carbocycles. The molecule has 3 fully saturated rings. The SMILES string of the molecule is CC(C)(Cl)C(Br)CCC(C)(O)C1CCC(C)(C(O)CCC2OC3(C(C)(O)CCC(Br)C(C)(C)Cl)CCC2(C)O3)O1. The van der Waals surface area contributed by atoms with Gasteiger partial charge >= 0.3 is 0 Å². The van der Waals surface area contributed by atoms with Gasteiger partial charge in [0.05, 0.1) is 44.9 Å². The van der Waals surface area contributed by atoms with Crippen molar-refractivity contribution in [2.24, 2.45) is 0 Å². The molecule has 10 atom stereocenters. The molecule has 3 saturated heterocycles. The van der Waals surface area contributed by atoms with Crippen molar-refractivity contribution in [2.75, 3.05) is 0 Å². The zero-order chi connectivity index (χ0) is 30.6. The number of ether oxygens (including phenoxy) is 3. The number of hydrogen-bond donors (Lipinski definition) is 3. The first-order chi connectivity index (χ1) is 18.0. The van der Waals surface area contributed by atoms with Crippen molar-refractivity contribution >= 4 is 55.1 Å². The van der Waals surface area contributed by atoms with E-state index in [2.05, 4.69) is 31.9 Å². The molecule has 0 aliphatic carbocycles. The van der Waals surface area contributed by atoms with Crippen LogP contribution in [-0.2, 0) is 14.2 Å². The predicted molar refractivity (Wildman–Crippen MR) is 169 cm³/mol. The third kappa shape index (κ3) is 7.74. The first kappa shape index (κ1) is 35.8. The Bertz CT molecular complexity index is 877. The van der Waals surface area contributed by atoms with Gasteiger partial charge in [-0.25, -0.2) is 0 Å². The molecule has 3 rings (SSSR count). The van der Waals surface area contributed by atoms with Gasteiger partial charge in [0, 0.05) is 16.1 Å². The lowest BCUT2D eigenvalue weighted by Gasteiger charge is -2.41. The van der Waals surface area contributed by atoms with Crippen LogP contribution in [0.2, 0.25) is 0 Å². The summed E-state index contributed by atoms with van der Waals surface area (Å²) in [5, 5.41) is 34.1. The molecule has 0 aromatic heterocycles. The second-order valence-corrected chi connectivity index (χ2v) is 18.8. The summed E-state index contributed by atoms with van der Waals surface area (Å²) >= 11 is 20.2. The Morgan fingerprint density at radius 3 is 1.95 bits per heavy atom. The maximum Gasteiger partial charge on any atom is 0.198 e. The summed E-state index contributed by atoms with van der Waals surface area (Å²) in [4.78, 5) is -0.748. The highest BCUT2D eigenvalue weighted by atomic mass is 79.9. The van der Waals surface area contributed by atoms with Crippen LogP contribution in [0.3, 0.4) is 0 Å². The van der Waals surface area contributed by atoms with Gasteiger partial charge in [-0.3, -0.25) is 0 Å². The van der Waals surface area contributed by atoms with Crippen LogP contribution in [0.5, 0.6) is 0 Å². The summed E-state index contributed by atoms with van der Waals surface area (Å²) in [6.45, 7) is 15.4. The Morgan fingerprint density at radius 2 is 1.40 bits per heavy atom. The van der Waals surface area contributed by atoms with Crippen molar-refractivity contribution in [3.63, 3.8) is 0 Å². The lowest BCUT2D eigenvalue weighted by molar-refractivity contribution is -0.267. The fourth-order valence-corrected chi connectivity index (χ4v) is 7.12. The Hall–Kier alpha value is 1.30. The number of rotatable bonds is 14. The Kier molecular flexibility index (Phi) is 11.0. The standard InChI is InChI=1S/C30H52Br2Cl2O6/c1-24(2,33)19(31)11-14-26(5,36)22-13-15-27(6,38-22)21(35)9-10-23-28(7)17-18-30(39-23,40-28)29(8,37)16-12-20(32)25(3,4)34/h19-23,35-37H,9-18H2,1-8H3. The van der Waals surface area contributed by atoms with E-state index in [1.54, 1.807) is 6.92 Å². The van der Waals surface area contributed by atoms with Gasteiger partial charge in [-0.15, -0.1) is 23.2 Å². The molecule has 40 heavy (non-hydrogen) atoms. The Labute approximate surface area is 268 Å². The molecule has 0 saturated carbocycles. The Morgan fingerprint density at radius 1 is 0.850 bits per heavy atom. The first-order valence-electron chi connectivity index (χ1n) is 14.8. The highest BCUT2D eigenvalue weighted by Gasteiger charge is 2.67. The second kappa shape index (κ2) is 12.2. The van der Waals surface area contributed by atoms with Crippen LogP contribution in [0.15, 0.2) is 0 Å². The van der Waals surface area contributed by atoms with Crippen molar-refractivity contribution in [2.45, 2.75) is 186 Å². The minimum atomic E-state index is -1.18. The lowest BCUT2D eigenvalue weighted by Crippen LogP contribution is -2.53. The molecule has 236 valence electrons. The van der Waals surface area contributed by atoms with E-state index in [1.165, 1.54) is 0 Å². The molecule has 0 spiro atoms. The van der Waals surface area contributed by atoms with Crippen LogP contribution >= 0.6 is 55.1 Å². The van der Waals surface area contributed by atoms with E-state index < -0.39 is 44.0 Å². The van der Waals surface area contributed by atoms with Gasteiger partial charge in [0.25, 0.3) is 0 Å². The first-order valence-corrected chi connectivity index (χ1v) is 17.4. The van der Waals surface area contributed by atoms with E-state index in [9.17, 15) is 15.3 Å². The smallest absolute Gasteiger partial charge is 0.198 e. The summed E-state index contributed by atoms with van der Waals surface area (Å²) in [5.41, 5.74) is -3.48. The quantitative estimate of drug-likeness (QED) is 0.162. The summed E-state index contributed by atoms with van der Waals surface area (Å²) in [5.74, 6) is -1.07. The minimum absolute atomic E-state index is 0.0366. The second-order valence-electron chi connectivity index (χ2n) is 14.6. The fraction of sp³-hybridized carbons (Fsp3) is 1.00. The maximum atomic E-state index is 11.5. The van der Waals surface area contributed by atoms with E-state index in [4.69, 9.17) is 37.4 Å². The molecule has 6 nitrogen and oxygen atoms in total. The van der Waals surface area contributed by atoms with Gasteiger partial charge in [-0.2, -0.15) is 0 Å². The van der Waals surface area contributed by atoms with Crippen LogP contribution in [0.4, 0.5) is 0 Å². The van der Waals surface area contributed by atoms with Gasteiger partial charge in [-0.1, -0.05) is 31.9 Å². The molecule has 3 heterocycles. The van der Waals surface area contributed by atoms with Crippen molar-refractivity contribution in [1.82, 2.24) is 0 Å². The van der Waals surface area contributed by atoms with Crippen LogP contribution in [0.1, 0.15) is 120 Å². The monoisotopic (exact) mass is 736 g/mol. The van der Waals surface area contributed by atoms with Crippen LogP contribution in [0, 0.1) is 0 Å². The molecule has 10 heteroatoms. The lowest BCUT2D eigenvalue weighted by atomic mass is 9.81. The van der Waals surface area contributed by atoms with Crippen molar-refractivity contribution in [3.8, 4) is 0 Å². The fourth-order valence-electron chi connectivity index (χ4n) is 6.45. The minimum Gasteiger partial charge on any atom is -0.390 e. The molecule has 0 amide bonds. The van der Waals surface area contributed by atoms with Crippen LogP contribution < -0.4 is 0 Å².